The van der Waals surface area contributed by atoms with Gasteiger partial charge < -0.3 is 10.1 Å². The van der Waals surface area contributed by atoms with Crippen molar-refractivity contribution in [2.45, 2.75) is 6.42 Å². The smallest absolute Gasteiger partial charge is 0.341 e. The number of nitrogens with one attached hydrogen (secondary N) is 1. The standard InChI is InChI=1S/C17H13FN2O3/c18-15-4-2-1-3-14(15)17(22)23-11-16(21)20-13-7-5-12(6-8-13)9-10-19/h1-8H,9,11H2,(H,20,21). The van der Waals surface area contributed by atoms with Crippen molar-refractivity contribution in [3.63, 3.8) is 0 Å². The zero-order valence-corrected chi connectivity index (χ0v) is 12.1. The van der Waals surface area contributed by atoms with E-state index in [0.717, 1.165) is 11.6 Å². The van der Waals surface area contributed by atoms with Crippen molar-refractivity contribution in [3.05, 3.63) is 65.5 Å². The molecule has 5 nitrogen and oxygen atoms in total. The second kappa shape index (κ2) is 7.71. The fourth-order valence-electron chi connectivity index (χ4n) is 1.83. The van der Waals surface area contributed by atoms with Crippen LogP contribution >= 0.6 is 0 Å². The van der Waals surface area contributed by atoms with Crippen molar-refractivity contribution in [1.29, 1.82) is 5.26 Å². The SMILES string of the molecule is N#CCc1ccc(NC(=O)COC(=O)c2ccccc2F)cc1. The molecule has 2 rings (SSSR count). The number of hydrogen-bond acceptors (Lipinski definition) is 4. The molecular formula is C17H13FN2O3. The molecule has 0 saturated carbocycles. The van der Waals surface area contributed by atoms with Crippen LogP contribution in [0.3, 0.4) is 0 Å². The molecule has 0 radical (unpaired) electrons. The summed E-state index contributed by atoms with van der Waals surface area (Å²) >= 11 is 0. The lowest BCUT2D eigenvalue weighted by atomic mass is 10.1. The van der Waals surface area contributed by atoms with E-state index in [1.807, 2.05) is 6.07 Å². The Morgan fingerprint density at radius 2 is 1.83 bits per heavy atom. The maximum Gasteiger partial charge on any atom is 0.341 e. The minimum absolute atomic E-state index is 0.221. The third-order valence-electron chi connectivity index (χ3n) is 2.95. The van der Waals surface area contributed by atoms with E-state index in [9.17, 15) is 14.0 Å². The van der Waals surface area contributed by atoms with Gasteiger partial charge in [-0.1, -0.05) is 24.3 Å². The minimum Gasteiger partial charge on any atom is -0.452 e. The number of ether oxygens (including phenoxy) is 1. The van der Waals surface area contributed by atoms with Crippen molar-refractivity contribution in [3.8, 4) is 6.07 Å². The largest absolute Gasteiger partial charge is 0.452 e. The summed E-state index contributed by atoms with van der Waals surface area (Å²) in [5.41, 5.74) is 1.12. The van der Waals surface area contributed by atoms with E-state index >= 15 is 0 Å². The Bertz CT molecular complexity index is 751. The lowest BCUT2D eigenvalue weighted by molar-refractivity contribution is -0.119. The number of carbonyl (C=O) groups excluding carboxylic acids is 2. The first kappa shape index (κ1) is 16.2. The van der Waals surface area contributed by atoms with Crippen LogP contribution in [0.2, 0.25) is 0 Å². The molecule has 0 spiro atoms. The molecule has 0 aromatic heterocycles. The van der Waals surface area contributed by atoms with Crippen LogP contribution in [-0.4, -0.2) is 18.5 Å². The van der Waals surface area contributed by atoms with Gasteiger partial charge in [0.15, 0.2) is 6.61 Å². The Labute approximate surface area is 132 Å². The predicted octanol–water partition coefficient (Wildman–Crippen LogP) is 2.69. The molecule has 23 heavy (non-hydrogen) atoms. The first-order valence-corrected chi connectivity index (χ1v) is 6.77. The van der Waals surface area contributed by atoms with Crippen LogP contribution in [0, 0.1) is 17.1 Å². The normalized spacial score (nSPS) is 9.74. The Morgan fingerprint density at radius 1 is 1.13 bits per heavy atom. The van der Waals surface area contributed by atoms with Crippen LogP contribution < -0.4 is 5.32 Å². The second-order valence-electron chi connectivity index (χ2n) is 4.64. The Morgan fingerprint density at radius 3 is 2.48 bits per heavy atom. The van der Waals surface area contributed by atoms with Crippen LogP contribution in [0.15, 0.2) is 48.5 Å². The van der Waals surface area contributed by atoms with E-state index in [1.54, 1.807) is 24.3 Å². The number of nitriles is 1. The van der Waals surface area contributed by atoms with E-state index in [4.69, 9.17) is 10.00 Å². The molecule has 0 bridgehead atoms. The van der Waals surface area contributed by atoms with Gasteiger partial charge in [-0.3, -0.25) is 4.79 Å². The molecule has 1 N–H and O–H groups in total. The summed E-state index contributed by atoms with van der Waals surface area (Å²) in [5, 5.41) is 11.1. The number of nitrogens with zero attached hydrogens (tertiary/aromatic N) is 1. The molecule has 0 aliphatic heterocycles. The van der Waals surface area contributed by atoms with Crippen molar-refractivity contribution < 1.29 is 18.7 Å². The van der Waals surface area contributed by atoms with Gasteiger partial charge in [-0.25, -0.2) is 9.18 Å². The molecule has 116 valence electrons. The first-order chi connectivity index (χ1) is 11.1. The quantitative estimate of drug-likeness (QED) is 0.861. The highest BCUT2D eigenvalue weighted by Crippen LogP contribution is 2.11. The zero-order chi connectivity index (χ0) is 16.7. The van der Waals surface area contributed by atoms with E-state index < -0.39 is 24.3 Å². The Hall–Kier alpha value is -3.20. The zero-order valence-electron chi connectivity index (χ0n) is 12.1. The van der Waals surface area contributed by atoms with Crippen LogP contribution in [0.5, 0.6) is 0 Å². The fourth-order valence-corrected chi connectivity index (χ4v) is 1.83. The minimum atomic E-state index is -0.900. The summed E-state index contributed by atoms with van der Waals surface area (Å²) in [6.07, 6.45) is 0.286. The molecule has 0 unspecified atom stereocenters. The van der Waals surface area contributed by atoms with Gasteiger partial charge in [0.25, 0.3) is 5.91 Å². The van der Waals surface area contributed by atoms with Gasteiger partial charge in [0, 0.05) is 5.69 Å². The summed E-state index contributed by atoms with van der Waals surface area (Å²) in [4.78, 5) is 23.4. The average Bonchev–Trinajstić information content (AvgIpc) is 2.55. The molecule has 0 aliphatic carbocycles. The molecule has 2 aromatic rings. The summed E-state index contributed by atoms with van der Waals surface area (Å²) < 4.78 is 18.2. The van der Waals surface area contributed by atoms with Gasteiger partial charge in [0.1, 0.15) is 5.82 Å². The maximum absolute atomic E-state index is 13.4. The van der Waals surface area contributed by atoms with Crippen LogP contribution in [-0.2, 0) is 16.0 Å². The van der Waals surface area contributed by atoms with E-state index in [-0.39, 0.29) is 12.0 Å². The van der Waals surface area contributed by atoms with Crippen molar-refractivity contribution >= 4 is 17.6 Å². The van der Waals surface area contributed by atoms with Crippen molar-refractivity contribution in [2.24, 2.45) is 0 Å². The molecule has 0 heterocycles. The number of amides is 1. The van der Waals surface area contributed by atoms with Gasteiger partial charge in [0.05, 0.1) is 18.1 Å². The van der Waals surface area contributed by atoms with Gasteiger partial charge in [0.2, 0.25) is 0 Å². The second-order valence-corrected chi connectivity index (χ2v) is 4.64. The van der Waals surface area contributed by atoms with Gasteiger partial charge >= 0.3 is 5.97 Å². The lowest BCUT2D eigenvalue weighted by Crippen LogP contribution is -2.21. The number of rotatable bonds is 5. The molecule has 0 saturated heterocycles. The molecule has 1 amide bonds. The summed E-state index contributed by atoms with van der Waals surface area (Å²) in [6.45, 7) is -0.521. The number of carbonyl (C=O) groups is 2. The van der Waals surface area contributed by atoms with Crippen LogP contribution in [0.4, 0.5) is 10.1 Å². The van der Waals surface area contributed by atoms with Gasteiger partial charge in [-0.15, -0.1) is 0 Å². The Balaban J connectivity index is 1.87. The van der Waals surface area contributed by atoms with E-state index in [0.29, 0.717) is 5.69 Å². The number of hydrogen-bond donors (Lipinski definition) is 1. The average molecular weight is 312 g/mol. The monoisotopic (exact) mass is 312 g/mol. The number of anilines is 1. The van der Waals surface area contributed by atoms with Gasteiger partial charge in [-0.2, -0.15) is 5.26 Å². The summed E-state index contributed by atoms with van der Waals surface area (Å²) in [7, 11) is 0. The number of esters is 1. The number of halogens is 1. The Kier molecular flexibility index (Phi) is 5.42. The van der Waals surface area contributed by atoms with Crippen LogP contribution in [0.25, 0.3) is 0 Å². The van der Waals surface area contributed by atoms with E-state index in [2.05, 4.69) is 5.32 Å². The highest BCUT2D eigenvalue weighted by Gasteiger charge is 2.14. The molecule has 0 atom stereocenters. The molecule has 2 aromatic carbocycles. The third kappa shape index (κ3) is 4.64. The highest BCUT2D eigenvalue weighted by atomic mass is 19.1. The number of benzene rings is 2. The molecule has 0 fully saturated rings. The van der Waals surface area contributed by atoms with Crippen LogP contribution in [0.1, 0.15) is 15.9 Å². The summed E-state index contributed by atoms with van der Waals surface area (Å²) in [6, 6.07) is 14.1. The third-order valence-corrected chi connectivity index (χ3v) is 2.95. The van der Waals surface area contributed by atoms with Crippen molar-refractivity contribution in [2.75, 3.05) is 11.9 Å². The van der Waals surface area contributed by atoms with Crippen molar-refractivity contribution in [1.82, 2.24) is 0 Å². The summed E-state index contributed by atoms with van der Waals surface area (Å²) in [5.74, 6) is -2.14. The first-order valence-electron chi connectivity index (χ1n) is 6.77. The van der Waals surface area contributed by atoms with E-state index in [1.165, 1.54) is 18.2 Å². The predicted molar refractivity (Wildman–Crippen MR) is 81.1 cm³/mol. The van der Waals surface area contributed by atoms with Gasteiger partial charge in [-0.05, 0) is 29.8 Å². The maximum atomic E-state index is 13.4. The molecule has 0 aliphatic rings. The fraction of sp³-hybridized carbons (Fsp3) is 0.118. The highest BCUT2D eigenvalue weighted by molar-refractivity contribution is 5.95. The lowest BCUT2D eigenvalue weighted by Gasteiger charge is -2.07. The molecular weight excluding hydrogens is 299 g/mol. The topological polar surface area (TPSA) is 79.2 Å². The molecule has 6 heteroatoms.